The second-order valence-corrected chi connectivity index (χ2v) is 10.3. The van der Waals surface area contributed by atoms with E-state index in [1.165, 1.54) is 0 Å². The van der Waals surface area contributed by atoms with Gasteiger partial charge in [0.05, 0.1) is 0 Å². The number of fused-ring (bicyclic) bond motifs is 1. The van der Waals surface area contributed by atoms with E-state index >= 15 is 0 Å². The van der Waals surface area contributed by atoms with Crippen LogP contribution in [-0.4, -0.2) is 77.9 Å². The minimum Gasteiger partial charge on any atom is -0.334 e. The normalized spacial score (nSPS) is 20.5. The number of hydrogen-bond acceptors (Lipinski definition) is 6. The number of thiophene rings is 1. The third kappa shape index (κ3) is 4.86. The Morgan fingerprint density at radius 2 is 1.88 bits per heavy atom. The number of carbonyl (C=O) groups excluding carboxylic acids is 2. The molecular weight excluding hydrogens is 454 g/mol. The summed E-state index contributed by atoms with van der Waals surface area (Å²) in [4.78, 5) is 33.6. The molecule has 3 aliphatic heterocycles. The number of nitrogens with zero attached hydrogens (tertiary/aromatic N) is 3. The third-order valence-corrected chi connectivity index (χ3v) is 7.69. The van der Waals surface area contributed by atoms with Crippen molar-refractivity contribution < 1.29 is 9.59 Å². The van der Waals surface area contributed by atoms with Crippen LogP contribution in [0.2, 0.25) is 0 Å². The Balaban J connectivity index is 1.22. The van der Waals surface area contributed by atoms with Gasteiger partial charge in [0, 0.05) is 54.6 Å². The molecule has 7 nitrogen and oxygen atoms in total. The molecule has 0 atom stereocenters. The van der Waals surface area contributed by atoms with E-state index < -0.39 is 0 Å². The molecule has 2 fully saturated rings. The summed E-state index contributed by atoms with van der Waals surface area (Å²) in [6.07, 6.45) is 2.81. The van der Waals surface area contributed by atoms with Gasteiger partial charge in [-0.25, -0.2) is 0 Å². The highest BCUT2D eigenvalue weighted by Gasteiger charge is 2.27. The first-order chi connectivity index (χ1) is 16.0. The predicted octanol–water partition coefficient (Wildman–Crippen LogP) is 2.35. The Bertz CT molecular complexity index is 1130. The fourth-order valence-corrected chi connectivity index (χ4v) is 5.63. The molecule has 33 heavy (non-hydrogen) atoms. The second kappa shape index (κ2) is 9.34. The van der Waals surface area contributed by atoms with Gasteiger partial charge in [-0.3, -0.25) is 14.9 Å². The average Bonchev–Trinajstić information content (AvgIpc) is 3.48. The number of piperazine rings is 1. The van der Waals surface area contributed by atoms with Crippen LogP contribution >= 0.6 is 23.6 Å². The fourth-order valence-electron chi connectivity index (χ4n) is 4.48. The Hall–Kier alpha value is -2.59. The second-order valence-electron chi connectivity index (χ2n) is 8.77. The molecule has 0 saturated carbocycles. The number of nitrogens with one attached hydrogen (secondary N) is 2. The van der Waals surface area contributed by atoms with Crippen molar-refractivity contribution in [2.45, 2.75) is 13.0 Å². The molecule has 1 aromatic heterocycles. The van der Waals surface area contributed by atoms with Crippen molar-refractivity contribution >= 4 is 46.6 Å². The van der Waals surface area contributed by atoms with Crippen LogP contribution in [0.3, 0.4) is 0 Å². The molecule has 2 amide bonds. The van der Waals surface area contributed by atoms with Crippen LogP contribution < -0.4 is 10.6 Å². The van der Waals surface area contributed by atoms with Gasteiger partial charge in [-0.2, -0.15) is 0 Å². The number of likely N-dealkylation sites (N-methyl/N-ethyl adjacent to an activating group) is 1. The third-order valence-electron chi connectivity index (χ3n) is 6.40. The smallest absolute Gasteiger partial charge is 0.273 e. The molecule has 5 rings (SSSR count). The van der Waals surface area contributed by atoms with Crippen LogP contribution in [0.5, 0.6) is 0 Å². The molecule has 4 heterocycles. The minimum atomic E-state index is -0.210. The van der Waals surface area contributed by atoms with Crippen LogP contribution in [0, 0.1) is 0 Å². The first kappa shape index (κ1) is 22.2. The molecular formula is C24H27N5O2S2. The van der Waals surface area contributed by atoms with E-state index in [2.05, 4.69) is 39.6 Å². The highest BCUT2D eigenvalue weighted by molar-refractivity contribution is 7.80. The van der Waals surface area contributed by atoms with Crippen LogP contribution in [0.4, 0.5) is 0 Å². The summed E-state index contributed by atoms with van der Waals surface area (Å²) in [6.45, 7) is 6.98. The lowest BCUT2D eigenvalue weighted by Gasteiger charge is -2.32. The van der Waals surface area contributed by atoms with Crippen molar-refractivity contribution in [2.24, 2.45) is 0 Å². The Morgan fingerprint density at radius 1 is 1.06 bits per heavy atom. The molecule has 2 N–H and O–H groups in total. The van der Waals surface area contributed by atoms with Crippen molar-refractivity contribution in [3.05, 3.63) is 52.0 Å². The highest BCUT2D eigenvalue weighted by atomic mass is 32.1. The Kier molecular flexibility index (Phi) is 6.29. The molecule has 1 aromatic carbocycles. The summed E-state index contributed by atoms with van der Waals surface area (Å²) in [7, 11) is 2.17. The first-order valence-electron chi connectivity index (χ1n) is 11.2. The van der Waals surface area contributed by atoms with Crippen LogP contribution in [0.1, 0.15) is 27.2 Å². The Morgan fingerprint density at radius 3 is 2.64 bits per heavy atom. The number of rotatable bonds is 6. The van der Waals surface area contributed by atoms with E-state index in [9.17, 15) is 9.59 Å². The van der Waals surface area contributed by atoms with Gasteiger partial charge in [-0.15, -0.1) is 11.3 Å². The van der Waals surface area contributed by atoms with E-state index in [4.69, 9.17) is 12.2 Å². The van der Waals surface area contributed by atoms with E-state index in [-0.39, 0.29) is 11.8 Å². The highest BCUT2D eigenvalue weighted by Crippen LogP contribution is 2.33. The molecule has 0 aliphatic carbocycles. The maximum atomic E-state index is 12.9. The summed E-state index contributed by atoms with van der Waals surface area (Å²) < 4.78 is 0. The molecule has 3 aliphatic rings. The van der Waals surface area contributed by atoms with Crippen molar-refractivity contribution in [3.63, 3.8) is 0 Å². The zero-order chi connectivity index (χ0) is 22.9. The van der Waals surface area contributed by atoms with Gasteiger partial charge in [0.15, 0.2) is 5.11 Å². The van der Waals surface area contributed by atoms with Gasteiger partial charge >= 0.3 is 0 Å². The predicted molar refractivity (Wildman–Crippen MR) is 135 cm³/mol. The molecule has 9 heteroatoms. The summed E-state index contributed by atoms with van der Waals surface area (Å²) in [6, 6.07) is 10.1. The van der Waals surface area contributed by atoms with Crippen molar-refractivity contribution in [1.82, 2.24) is 25.3 Å². The van der Waals surface area contributed by atoms with Gasteiger partial charge in [0.1, 0.15) is 5.70 Å². The first-order valence-corrected chi connectivity index (χ1v) is 12.5. The zero-order valence-corrected chi connectivity index (χ0v) is 20.2. The molecule has 2 saturated heterocycles. The number of hydrogen-bond donors (Lipinski definition) is 2. The lowest BCUT2D eigenvalue weighted by Crippen LogP contribution is -2.45. The van der Waals surface area contributed by atoms with Gasteiger partial charge < -0.3 is 20.0 Å². The number of carbonyl (C=O) groups is 2. The maximum Gasteiger partial charge on any atom is 0.273 e. The molecule has 0 bridgehead atoms. The van der Waals surface area contributed by atoms with Gasteiger partial charge in [-0.1, -0.05) is 6.07 Å². The molecule has 0 radical (unpaired) electrons. The summed E-state index contributed by atoms with van der Waals surface area (Å²) in [5.41, 5.74) is 3.46. The molecule has 0 unspecified atom stereocenters. The van der Waals surface area contributed by atoms with E-state index in [0.717, 1.165) is 72.1 Å². The van der Waals surface area contributed by atoms with Gasteiger partial charge in [0.2, 0.25) is 0 Å². The van der Waals surface area contributed by atoms with E-state index in [0.29, 0.717) is 17.4 Å². The van der Waals surface area contributed by atoms with Crippen LogP contribution in [-0.2, 0) is 11.3 Å². The van der Waals surface area contributed by atoms with Crippen molar-refractivity contribution in [3.8, 4) is 10.4 Å². The Labute approximate surface area is 203 Å². The molecule has 0 spiro atoms. The maximum absolute atomic E-state index is 12.9. The van der Waals surface area contributed by atoms with Crippen LogP contribution in [0.25, 0.3) is 16.5 Å². The number of amides is 2. The number of thiocarbonyl (C=S) groups is 1. The standard InChI is InChI=1S/C24H27N5O2S2/c1-27-9-11-28(12-10-27)7-2-8-29-15-17-13-16(3-5-19(17)23(29)31)21-6-4-18(33-21)14-20-22(30)26-24(32)25-20/h3-6,13-14H,2,7-12,15H2,1H3,(H2,25,26,30,32). The summed E-state index contributed by atoms with van der Waals surface area (Å²) in [5.74, 6) is -0.0699. The monoisotopic (exact) mass is 481 g/mol. The fraction of sp³-hybridized carbons (Fsp3) is 0.375. The lowest BCUT2D eigenvalue weighted by molar-refractivity contribution is -0.115. The van der Waals surface area contributed by atoms with Gasteiger partial charge in [-0.05, 0) is 73.7 Å². The number of benzene rings is 1. The van der Waals surface area contributed by atoms with Crippen LogP contribution in [0.15, 0.2) is 36.0 Å². The zero-order valence-electron chi connectivity index (χ0n) is 18.6. The quantitative estimate of drug-likeness (QED) is 0.488. The molecule has 2 aromatic rings. The van der Waals surface area contributed by atoms with Crippen molar-refractivity contribution in [1.29, 1.82) is 0 Å². The molecule has 172 valence electrons. The minimum absolute atomic E-state index is 0.140. The van der Waals surface area contributed by atoms with E-state index in [1.807, 2.05) is 29.2 Å². The summed E-state index contributed by atoms with van der Waals surface area (Å²) >= 11 is 6.59. The van der Waals surface area contributed by atoms with Crippen molar-refractivity contribution in [2.75, 3.05) is 46.3 Å². The average molecular weight is 482 g/mol. The lowest BCUT2D eigenvalue weighted by atomic mass is 10.1. The SMILES string of the molecule is CN1CCN(CCCN2Cc3cc(-c4ccc(C=C5NC(=S)NC5=O)s4)ccc3C2=O)CC1. The summed E-state index contributed by atoms with van der Waals surface area (Å²) in [5, 5.41) is 5.78. The van der Waals surface area contributed by atoms with Gasteiger partial charge in [0.25, 0.3) is 11.8 Å². The topological polar surface area (TPSA) is 67.9 Å². The van der Waals surface area contributed by atoms with E-state index in [1.54, 1.807) is 11.3 Å². The largest absolute Gasteiger partial charge is 0.334 e.